The summed E-state index contributed by atoms with van der Waals surface area (Å²) in [6.45, 7) is 10.7. The Kier molecular flexibility index (Phi) is 10.5. The maximum absolute atomic E-state index is 11.8. The third kappa shape index (κ3) is 8.73. The zero-order valence-corrected chi connectivity index (χ0v) is 19.8. The van der Waals surface area contributed by atoms with E-state index in [1.54, 1.807) is 0 Å². The molecule has 0 spiro atoms. The number of nitrogens with zero attached hydrogens (tertiary/aromatic N) is 1. The summed E-state index contributed by atoms with van der Waals surface area (Å²) >= 11 is 0. The number of hydrogen-bond donors (Lipinski definition) is 0. The zero-order valence-electron chi connectivity index (χ0n) is 18.8. The van der Waals surface area contributed by atoms with Crippen molar-refractivity contribution in [3.8, 4) is 5.75 Å². The van der Waals surface area contributed by atoms with E-state index in [0.29, 0.717) is 12.0 Å². The Bertz CT molecular complexity index is 728. The summed E-state index contributed by atoms with van der Waals surface area (Å²) in [5.74, 6) is -0.110. The third-order valence-electron chi connectivity index (χ3n) is 4.55. The molecule has 0 amide bonds. The van der Waals surface area contributed by atoms with Gasteiger partial charge in [-0.3, -0.25) is 0 Å². The second kappa shape index (κ2) is 12.3. The Morgan fingerprint density at radius 3 is 2.55 bits per heavy atom. The molecule has 7 heteroatoms. The number of oxime groups is 1. The van der Waals surface area contributed by atoms with Crippen molar-refractivity contribution in [1.29, 1.82) is 0 Å². The molecule has 0 aromatic heterocycles. The molecule has 29 heavy (non-hydrogen) atoms. The standard InChI is InChI=1S/C22H35NO5Si/c1-8-9-10-13-29(6,7)16-27-23-18(3)19-12-11-17(2)20(14-19)28-21(15-25-4)22(24)26-5/h11-12,14-15H,8-10,13,16H2,1-7H3. The molecule has 162 valence electrons. The summed E-state index contributed by atoms with van der Waals surface area (Å²) in [7, 11) is 1.33. The third-order valence-corrected chi connectivity index (χ3v) is 7.17. The van der Waals surface area contributed by atoms with E-state index in [9.17, 15) is 4.79 Å². The first kappa shape index (κ1) is 24.8. The van der Waals surface area contributed by atoms with Crippen molar-refractivity contribution in [3.05, 3.63) is 41.3 Å². The van der Waals surface area contributed by atoms with Crippen molar-refractivity contribution in [2.24, 2.45) is 5.16 Å². The summed E-state index contributed by atoms with van der Waals surface area (Å²) in [5.41, 5.74) is 2.49. The molecule has 1 aromatic rings. The highest BCUT2D eigenvalue weighted by atomic mass is 28.3. The minimum atomic E-state index is -1.40. The Labute approximate surface area is 175 Å². The van der Waals surface area contributed by atoms with E-state index in [1.807, 2.05) is 32.0 Å². The van der Waals surface area contributed by atoms with E-state index in [2.05, 4.69) is 25.2 Å². The molecule has 0 saturated carbocycles. The average Bonchev–Trinajstić information content (AvgIpc) is 2.68. The van der Waals surface area contributed by atoms with Crippen molar-refractivity contribution in [3.63, 3.8) is 0 Å². The van der Waals surface area contributed by atoms with Crippen molar-refractivity contribution in [1.82, 2.24) is 0 Å². The highest BCUT2D eigenvalue weighted by Gasteiger charge is 2.21. The molecule has 1 rings (SSSR count). The second-order valence-corrected chi connectivity index (χ2v) is 13.0. The largest absolute Gasteiger partial charge is 0.500 e. The maximum Gasteiger partial charge on any atom is 0.377 e. The van der Waals surface area contributed by atoms with Crippen LogP contribution in [0.5, 0.6) is 5.75 Å². The molecule has 0 bridgehead atoms. The number of methoxy groups -OCH3 is 2. The van der Waals surface area contributed by atoms with Crippen LogP contribution in [-0.4, -0.2) is 40.2 Å². The molecule has 0 saturated heterocycles. The van der Waals surface area contributed by atoms with Crippen LogP contribution in [0.1, 0.15) is 44.2 Å². The molecular formula is C22H35NO5Si. The number of hydrogen-bond acceptors (Lipinski definition) is 6. The smallest absolute Gasteiger partial charge is 0.377 e. The highest BCUT2D eigenvalue weighted by molar-refractivity contribution is 6.77. The van der Waals surface area contributed by atoms with Crippen LogP contribution in [0, 0.1) is 6.92 Å². The predicted octanol–water partition coefficient (Wildman–Crippen LogP) is 5.21. The van der Waals surface area contributed by atoms with Gasteiger partial charge in [0.2, 0.25) is 5.76 Å². The topological polar surface area (TPSA) is 66.3 Å². The number of benzene rings is 1. The predicted molar refractivity (Wildman–Crippen MR) is 119 cm³/mol. The van der Waals surface area contributed by atoms with Crippen LogP contribution in [-0.2, 0) is 19.1 Å². The number of unbranched alkanes of at least 4 members (excludes halogenated alkanes) is 2. The number of ether oxygens (including phenoxy) is 3. The Hall–Kier alpha value is -2.28. The molecule has 0 atom stereocenters. The van der Waals surface area contributed by atoms with Crippen LogP contribution in [0.15, 0.2) is 35.4 Å². The van der Waals surface area contributed by atoms with Crippen molar-refractivity contribution in [2.45, 2.75) is 59.2 Å². The van der Waals surface area contributed by atoms with E-state index in [4.69, 9.17) is 19.0 Å². The van der Waals surface area contributed by atoms with Gasteiger partial charge in [0.25, 0.3) is 0 Å². The number of carbonyl (C=O) groups excluding carboxylic acids is 1. The minimum Gasteiger partial charge on any atom is -0.500 e. The van der Waals surface area contributed by atoms with Crippen LogP contribution in [0.25, 0.3) is 0 Å². The fourth-order valence-corrected chi connectivity index (χ4v) is 4.42. The van der Waals surface area contributed by atoms with Crippen molar-refractivity contribution >= 4 is 19.8 Å². The zero-order chi connectivity index (χ0) is 21.9. The second-order valence-electron chi connectivity index (χ2n) is 7.86. The fourth-order valence-electron chi connectivity index (χ4n) is 2.66. The van der Waals surface area contributed by atoms with E-state index >= 15 is 0 Å². The van der Waals surface area contributed by atoms with Gasteiger partial charge >= 0.3 is 5.97 Å². The number of aryl methyl sites for hydroxylation is 1. The van der Waals surface area contributed by atoms with Crippen LogP contribution in [0.2, 0.25) is 19.1 Å². The SMILES string of the molecule is CCCCC[Si](C)(C)CON=C(C)c1ccc(C)c(OC(=COC)C(=O)OC)c1. The first-order chi connectivity index (χ1) is 13.7. The van der Waals surface area contributed by atoms with Gasteiger partial charge in [0, 0.05) is 5.56 Å². The number of carbonyl (C=O) groups is 1. The monoisotopic (exact) mass is 421 g/mol. The van der Waals surface area contributed by atoms with Gasteiger partial charge in [-0.1, -0.05) is 62.6 Å². The molecule has 0 heterocycles. The van der Waals surface area contributed by atoms with Gasteiger partial charge in [-0.2, -0.15) is 0 Å². The van der Waals surface area contributed by atoms with Gasteiger partial charge in [0.05, 0.1) is 28.0 Å². The van der Waals surface area contributed by atoms with Crippen LogP contribution in [0.4, 0.5) is 0 Å². The minimum absolute atomic E-state index is 0.0269. The summed E-state index contributed by atoms with van der Waals surface area (Å²) in [5, 5.41) is 4.31. The number of esters is 1. The number of rotatable bonds is 12. The lowest BCUT2D eigenvalue weighted by Gasteiger charge is -2.20. The lowest BCUT2D eigenvalue weighted by atomic mass is 10.1. The quantitative estimate of drug-likeness (QED) is 0.0881. The van der Waals surface area contributed by atoms with Crippen LogP contribution < -0.4 is 4.74 Å². The maximum atomic E-state index is 11.8. The van der Waals surface area contributed by atoms with Crippen molar-refractivity contribution < 1.29 is 23.8 Å². The lowest BCUT2D eigenvalue weighted by Crippen LogP contribution is -2.31. The van der Waals surface area contributed by atoms with E-state index in [1.165, 1.54) is 45.8 Å². The molecule has 0 aliphatic rings. The molecule has 1 aromatic carbocycles. The van der Waals surface area contributed by atoms with Crippen molar-refractivity contribution in [2.75, 3.05) is 20.4 Å². The average molecular weight is 422 g/mol. The Balaban J connectivity index is 2.86. The summed E-state index contributed by atoms with van der Waals surface area (Å²) < 4.78 is 15.3. The van der Waals surface area contributed by atoms with Gasteiger partial charge in [0.1, 0.15) is 18.2 Å². The summed E-state index contributed by atoms with van der Waals surface area (Å²) in [4.78, 5) is 17.5. The molecule has 0 aliphatic carbocycles. The van der Waals surface area contributed by atoms with Crippen LogP contribution in [0.3, 0.4) is 0 Å². The van der Waals surface area contributed by atoms with E-state index < -0.39 is 14.0 Å². The Morgan fingerprint density at radius 1 is 1.21 bits per heavy atom. The van der Waals surface area contributed by atoms with Gasteiger partial charge in [-0.25, -0.2) is 4.79 Å². The van der Waals surface area contributed by atoms with E-state index in [-0.39, 0.29) is 5.76 Å². The first-order valence-corrected chi connectivity index (χ1v) is 13.4. The summed E-state index contributed by atoms with van der Waals surface area (Å²) in [6, 6.07) is 6.94. The first-order valence-electron chi connectivity index (χ1n) is 10.0. The van der Waals surface area contributed by atoms with Gasteiger partial charge < -0.3 is 19.0 Å². The van der Waals surface area contributed by atoms with Gasteiger partial charge in [0.15, 0.2) is 0 Å². The Morgan fingerprint density at radius 2 is 1.93 bits per heavy atom. The van der Waals surface area contributed by atoms with Gasteiger partial charge in [-0.15, -0.1) is 0 Å². The molecule has 0 N–H and O–H groups in total. The van der Waals surface area contributed by atoms with E-state index in [0.717, 1.165) is 16.8 Å². The lowest BCUT2D eigenvalue weighted by molar-refractivity contribution is -0.138. The highest BCUT2D eigenvalue weighted by Crippen LogP contribution is 2.23. The normalized spacial score (nSPS) is 12.5. The fraction of sp³-hybridized carbons (Fsp3) is 0.545. The molecule has 0 fully saturated rings. The molecule has 0 unspecified atom stereocenters. The summed E-state index contributed by atoms with van der Waals surface area (Å²) in [6.07, 6.45) is 5.69. The van der Waals surface area contributed by atoms with Crippen LogP contribution >= 0.6 is 0 Å². The molecule has 0 aliphatic heterocycles. The molecular weight excluding hydrogens is 386 g/mol. The molecule has 6 nitrogen and oxygen atoms in total. The molecule has 0 radical (unpaired) electrons. The van der Waals surface area contributed by atoms with Gasteiger partial charge in [-0.05, 0) is 25.5 Å².